The van der Waals surface area contributed by atoms with Crippen LogP contribution in [0.15, 0.2) is 202 Å². The maximum Gasteiger partial charge on any atom is 0.261 e. The monoisotopic (exact) mass is 1990 g/mol. The molecule has 140 heavy (non-hydrogen) atoms. The lowest BCUT2D eigenvalue weighted by Crippen LogP contribution is -2.42. The van der Waals surface area contributed by atoms with Gasteiger partial charge in [-0.1, -0.05) is 79.8 Å². The second-order valence-electron chi connectivity index (χ2n) is 32.0. The van der Waals surface area contributed by atoms with E-state index in [0.717, 1.165) is 69.4 Å². The first kappa shape index (κ1) is 107. The highest BCUT2D eigenvalue weighted by Gasteiger charge is 2.38. The summed E-state index contributed by atoms with van der Waals surface area (Å²) in [4.78, 5) is 129. The van der Waals surface area contributed by atoms with Crippen molar-refractivity contribution in [2.24, 2.45) is 5.92 Å². The number of thioether (sulfide) groups is 1. The van der Waals surface area contributed by atoms with E-state index in [-0.39, 0.29) is 94.2 Å². The average molecular weight is 2000 g/mol. The maximum atomic E-state index is 13.3. The summed E-state index contributed by atoms with van der Waals surface area (Å²) < 4.78 is 94.9. The van der Waals surface area contributed by atoms with Gasteiger partial charge in [0.2, 0.25) is 50.3 Å². The van der Waals surface area contributed by atoms with Crippen LogP contribution in [0.5, 0.6) is 40.2 Å². The van der Waals surface area contributed by atoms with E-state index in [9.17, 15) is 60.0 Å². The minimum atomic E-state index is -3.55. The van der Waals surface area contributed by atoms with Crippen LogP contribution in [0.3, 0.4) is 0 Å². The van der Waals surface area contributed by atoms with Crippen molar-refractivity contribution in [2.45, 2.75) is 112 Å². The van der Waals surface area contributed by atoms with Gasteiger partial charge in [-0.25, -0.2) is 26.8 Å². The first-order chi connectivity index (χ1) is 67.5. The summed E-state index contributed by atoms with van der Waals surface area (Å²) in [6.07, 6.45) is 11.1. The Kier molecular flexibility index (Phi) is 39.8. The molecule has 6 aliphatic rings. The molecule has 4 saturated heterocycles. The number of carbonyl (C=O) groups excluding carboxylic acids is 9. The number of para-hydroxylation sites is 3. The summed E-state index contributed by atoms with van der Waals surface area (Å²) in [5.74, 6) is 1.46. The fourth-order valence-electron chi connectivity index (χ4n) is 15.6. The molecule has 6 aliphatic heterocycles. The predicted molar refractivity (Wildman–Crippen MR) is 534 cm³/mol. The number of ether oxygens (including phenoxy) is 8. The number of piperidine rings is 1. The summed E-state index contributed by atoms with van der Waals surface area (Å²) in [6, 6.07) is 48.4. The molecule has 0 radical (unpaired) electrons. The van der Waals surface area contributed by atoms with Crippen LogP contribution in [0.25, 0.3) is 0 Å². The molecule has 2 aromatic heterocycles. The van der Waals surface area contributed by atoms with Gasteiger partial charge in [-0.2, -0.15) is 4.31 Å². The van der Waals surface area contributed by atoms with Gasteiger partial charge in [0.25, 0.3) is 29.5 Å². The molecule has 8 heterocycles. The van der Waals surface area contributed by atoms with Crippen LogP contribution < -0.4 is 75.7 Å². The lowest BCUT2D eigenvalue weighted by atomic mass is 10.1. The third-order valence-corrected chi connectivity index (χ3v) is 28.3. The van der Waals surface area contributed by atoms with Gasteiger partial charge in [0, 0.05) is 106 Å². The molecule has 4 fully saturated rings. The lowest BCUT2D eigenvalue weighted by Gasteiger charge is -2.29. The van der Waals surface area contributed by atoms with Crippen molar-refractivity contribution in [3.8, 4) is 40.2 Å². The number of sulfonamides is 1. The number of sulfone groups is 1. The number of nitrogen functional groups attached to an aromatic ring is 2. The summed E-state index contributed by atoms with van der Waals surface area (Å²) in [5, 5.41) is 19.2. The molecule has 16 rings (SSSR count). The molecule has 0 spiro atoms. The summed E-state index contributed by atoms with van der Waals surface area (Å²) in [6.45, 7) is 17.9. The van der Waals surface area contributed by atoms with Gasteiger partial charge in [0.15, 0.2) is 37.2 Å². The molecule has 0 aliphatic carbocycles. The van der Waals surface area contributed by atoms with E-state index in [1.54, 1.807) is 165 Å². The smallest absolute Gasteiger partial charge is 0.261 e. The Labute approximate surface area is 822 Å². The average Bonchev–Trinajstić information content (AvgIpc) is 1.58. The van der Waals surface area contributed by atoms with Gasteiger partial charge < -0.3 is 85.3 Å². The number of aromatic nitrogens is 4. The molecule has 10 aromatic rings. The Morgan fingerprint density at radius 1 is 0.607 bits per heavy atom. The van der Waals surface area contributed by atoms with Crippen LogP contribution in [-0.2, 0) is 49.5 Å². The number of anilines is 7. The molecule has 8 aromatic carbocycles. The summed E-state index contributed by atoms with van der Waals surface area (Å²) >= 11 is 2.73. The van der Waals surface area contributed by atoms with Gasteiger partial charge in [-0.3, -0.25) is 53.0 Å². The molecule has 8 N–H and O–H groups in total. The number of carbonyl (C=O) groups is 9. The molecule has 9 amide bonds. The number of amides is 9. The third-order valence-electron chi connectivity index (χ3n) is 22.7. The summed E-state index contributed by atoms with van der Waals surface area (Å²) in [5.41, 5.74) is 16.5. The highest BCUT2D eigenvalue weighted by molar-refractivity contribution is 8.01. The topological polar surface area (TPSA) is 467 Å². The van der Waals surface area contributed by atoms with E-state index >= 15 is 0 Å². The number of nitrogens with two attached hydrogens (primary N) is 2. The predicted octanol–water partition coefficient (Wildman–Crippen LogP) is 12.7. The standard InChI is InChI=1S/C22H27N3O5S.C22H26N2O6.C21H24N2O5.C15H18N2O2.C11H11N3O2S.C8H12N4OS2/c1-4-24(5-2)31(28,29)20-12-6-17(7-13-20)23-22(27)16-14-21(26)25(15-16)18-8-10-19(30-3)11-9-18;1-27-18-11-14(12-19(28-2)20(18)29-3)21(25)24-17-9-5-4-8-16(17)22(26)23-13-15-7-6-10-30-15;1-4-26-17-11-14(12-18(27-5-2)20(17)28-6-3)21(25)23-13-19(24)22-15-9-7-8-10-16(15)23;18-14-12-6-2-3-7-13(12)15(19)17(14)11-10-16-8-4-1-5-9-16;12-9-2-4-10(5-3-9)17(15,16)8-11-13-6-1-7-14-11;9-7-10-11-8(15-7)14-5-6(13)12-3-1-2-4-12/h6-13,16H,4-5,14-15H2,1-3H3,(H,23,27);4-5,8-9,11-12,15H,6-7,10,13H2,1-3H3,(H,23,26)(H,24,25);7-12H,4-6,13H2,1-3H3,(H,22,24);2-3,6-7H,1,4-5,8-11H2;1-7H,8,12H2;1-5H2,(H2,9,10). The van der Waals surface area contributed by atoms with E-state index in [1.807, 2.05) is 37.8 Å². The fourth-order valence-corrected chi connectivity index (χ4v) is 19.8. The second-order valence-corrected chi connectivity index (χ2v) is 38.2. The molecule has 0 saturated carbocycles. The Bertz CT molecular complexity index is 6060. The number of fused-ring (bicyclic) bond motifs is 2. The Balaban J connectivity index is 0.000000164. The largest absolute Gasteiger partial charge is 0.497 e. The van der Waals surface area contributed by atoms with Crippen molar-refractivity contribution < 1.29 is 97.9 Å². The van der Waals surface area contributed by atoms with Crippen molar-refractivity contribution >= 4 is 135 Å². The van der Waals surface area contributed by atoms with Crippen LogP contribution in [0.4, 0.5) is 39.3 Å². The fraction of sp³-hybridized carbons (Fsp3) is 0.364. The van der Waals surface area contributed by atoms with Crippen LogP contribution in [0, 0.1) is 5.92 Å². The SMILES string of the molecule is CCN(CC)S(=O)(=O)c1ccc(NC(=O)C2CC(=O)N(c3ccc(OC)cc3)C2)cc1.CCOc1cc(C(=O)N2CC(=O)Nc3ccccc32)cc(OCC)c1OCC.COc1cc(C(=O)Nc2ccccc2C(=O)NCC2CCCO2)cc(OC)c1OC.Nc1ccc(S(=O)(=O)Cc2ncccn2)cc1.Nc1nnc(SCC(=O)N2CCCC2)s1.O=C1c2ccccc2C(=O)N1CCN1CCCCC1. The first-order valence-corrected chi connectivity index (χ1v) is 50.7. The van der Waals surface area contributed by atoms with Crippen LogP contribution in [-0.4, -0.2) is 248 Å². The number of imide groups is 1. The van der Waals surface area contributed by atoms with E-state index in [0.29, 0.717) is 159 Å². The highest BCUT2D eigenvalue weighted by Crippen LogP contribution is 2.42. The zero-order valence-electron chi connectivity index (χ0n) is 79.6. The number of rotatable bonds is 32. The molecule has 744 valence electrons. The molecule has 0 bridgehead atoms. The number of benzene rings is 8. The normalized spacial score (nSPS) is 15.3. The molecule has 2 atom stereocenters. The van der Waals surface area contributed by atoms with E-state index in [1.165, 1.54) is 114 Å². The van der Waals surface area contributed by atoms with Crippen LogP contribution >= 0.6 is 23.1 Å². The maximum absolute atomic E-state index is 13.3. The molecule has 41 heteroatoms. The van der Waals surface area contributed by atoms with E-state index in [2.05, 4.69) is 46.3 Å². The van der Waals surface area contributed by atoms with E-state index < -0.39 is 31.7 Å². The Morgan fingerprint density at radius 3 is 1.79 bits per heavy atom. The quantitative estimate of drug-likeness (QED) is 0.0130. The number of nitrogens with zero attached hydrogens (tertiary/aromatic N) is 10. The number of methoxy groups -OCH3 is 4. The summed E-state index contributed by atoms with van der Waals surface area (Å²) in [7, 11) is -0.942. The van der Waals surface area contributed by atoms with Crippen molar-refractivity contribution in [3.05, 3.63) is 222 Å². The minimum absolute atomic E-state index is 0.0370. The zero-order chi connectivity index (χ0) is 100. The number of hydrogen-bond donors (Lipinski definition) is 6. The number of likely N-dealkylation sites (tertiary alicyclic amines) is 2. The van der Waals surface area contributed by atoms with Gasteiger partial charge >= 0.3 is 0 Å². The van der Waals surface area contributed by atoms with Gasteiger partial charge in [0.1, 0.15) is 23.9 Å². The van der Waals surface area contributed by atoms with Crippen LogP contribution in [0.2, 0.25) is 0 Å². The highest BCUT2D eigenvalue weighted by atomic mass is 32.2. The van der Waals surface area contributed by atoms with Crippen molar-refractivity contribution in [3.63, 3.8) is 0 Å². The number of nitrogens with one attached hydrogen (secondary N) is 4. The number of hydrogen-bond acceptors (Lipinski definition) is 30. The Hall–Kier alpha value is -13.8. The molecule has 37 nitrogen and oxygen atoms in total. The molecule has 2 unspecified atom stereocenters. The Morgan fingerprint density at radius 2 is 1.21 bits per heavy atom. The van der Waals surface area contributed by atoms with Crippen LogP contribution in [0.1, 0.15) is 144 Å². The van der Waals surface area contributed by atoms with Gasteiger partial charge in [0.05, 0.1) is 110 Å². The molecular weight excluding hydrogens is 1880 g/mol. The van der Waals surface area contributed by atoms with Crippen molar-refractivity contribution in [1.82, 2.24) is 44.5 Å². The zero-order valence-corrected chi connectivity index (χ0v) is 82.8. The third kappa shape index (κ3) is 28.9. The molecular formula is C99H118N16O21S4. The van der Waals surface area contributed by atoms with E-state index in [4.69, 9.17) is 49.4 Å². The van der Waals surface area contributed by atoms with Crippen molar-refractivity contribution in [1.29, 1.82) is 0 Å². The van der Waals surface area contributed by atoms with Crippen molar-refractivity contribution in [2.75, 3.05) is 170 Å². The van der Waals surface area contributed by atoms with Gasteiger partial charge in [-0.15, -0.1) is 10.2 Å². The second kappa shape index (κ2) is 52.3. The van der Waals surface area contributed by atoms with Gasteiger partial charge in [-0.05, 0) is 212 Å². The first-order valence-electron chi connectivity index (χ1n) is 45.8. The minimum Gasteiger partial charge on any atom is -0.497 e. The lowest BCUT2D eigenvalue weighted by molar-refractivity contribution is -0.127.